The van der Waals surface area contributed by atoms with Crippen molar-refractivity contribution in [1.82, 2.24) is 14.9 Å². The quantitative estimate of drug-likeness (QED) is 0.158. The van der Waals surface area contributed by atoms with Crippen LogP contribution in [0.5, 0.6) is 11.5 Å². The second kappa shape index (κ2) is 14.4. The summed E-state index contributed by atoms with van der Waals surface area (Å²) in [5, 5.41) is 4.14. The summed E-state index contributed by atoms with van der Waals surface area (Å²) in [7, 11) is 1.53. The van der Waals surface area contributed by atoms with E-state index in [1.165, 1.54) is 13.3 Å². The summed E-state index contributed by atoms with van der Waals surface area (Å²) >= 11 is 0. The molecule has 1 saturated heterocycles. The van der Waals surface area contributed by atoms with Crippen molar-refractivity contribution < 1.29 is 23.8 Å². The highest BCUT2D eigenvalue weighted by Gasteiger charge is 2.18. The lowest BCUT2D eigenvalue weighted by atomic mass is 10.1. The zero-order chi connectivity index (χ0) is 31.7. The Labute approximate surface area is 267 Å². The number of amides is 2. The normalized spacial score (nSPS) is 13.0. The molecule has 0 saturated carbocycles. The van der Waals surface area contributed by atoms with E-state index >= 15 is 0 Å². The molecule has 46 heavy (non-hydrogen) atoms. The van der Waals surface area contributed by atoms with E-state index in [4.69, 9.17) is 14.2 Å². The number of carbonyl (C=O) groups is 2. The Morgan fingerprint density at radius 2 is 1.43 bits per heavy atom. The van der Waals surface area contributed by atoms with Gasteiger partial charge in [-0.05, 0) is 71.3 Å². The number of nitrogens with zero attached hydrogens (tertiary/aromatic N) is 3. The van der Waals surface area contributed by atoms with Gasteiger partial charge in [0.05, 0.1) is 37.9 Å². The second-order valence-electron chi connectivity index (χ2n) is 10.6. The molecule has 6 rings (SSSR count). The molecule has 1 fully saturated rings. The molecule has 0 unspecified atom stereocenters. The molecular formula is C37H34N4O5. The summed E-state index contributed by atoms with van der Waals surface area (Å²) in [6.07, 6.45) is 1.52. The van der Waals surface area contributed by atoms with Crippen molar-refractivity contribution in [3.05, 3.63) is 126 Å². The Kier molecular flexibility index (Phi) is 9.51. The van der Waals surface area contributed by atoms with E-state index in [1.54, 1.807) is 35.2 Å². The molecular weight excluding hydrogens is 580 g/mol. The van der Waals surface area contributed by atoms with Crippen LogP contribution in [0, 0.1) is 0 Å². The molecule has 2 amide bonds. The maximum atomic E-state index is 12.9. The minimum Gasteiger partial charge on any atom is -0.493 e. The summed E-state index contributed by atoms with van der Waals surface area (Å²) in [6.45, 7) is 2.09. The number of ether oxygens (including phenoxy) is 3. The van der Waals surface area contributed by atoms with E-state index in [2.05, 4.69) is 51.5 Å². The van der Waals surface area contributed by atoms with Gasteiger partial charge in [0.2, 0.25) is 0 Å². The van der Waals surface area contributed by atoms with Gasteiger partial charge in [-0.15, -0.1) is 0 Å². The molecule has 4 aromatic carbocycles. The fraction of sp³-hybridized carbons (Fsp3) is 0.162. The van der Waals surface area contributed by atoms with E-state index < -0.39 is 0 Å². The van der Waals surface area contributed by atoms with E-state index in [0.717, 1.165) is 28.2 Å². The minimum absolute atomic E-state index is 0.0931. The first kappa shape index (κ1) is 30.4. The molecule has 1 aliphatic rings. The predicted molar refractivity (Wildman–Crippen MR) is 178 cm³/mol. The monoisotopic (exact) mass is 614 g/mol. The van der Waals surface area contributed by atoms with Gasteiger partial charge in [-0.25, -0.2) is 5.43 Å². The predicted octanol–water partition coefficient (Wildman–Crippen LogP) is 5.82. The van der Waals surface area contributed by atoms with Crippen LogP contribution in [0.2, 0.25) is 0 Å². The van der Waals surface area contributed by atoms with Gasteiger partial charge in [0.1, 0.15) is 0 Å². The van der Waals surface area contributed by atoms with Gasteiger partial charge < -0.3 is 23.7 Å². The van der Waals surface area contributed by atoms with Crippen LogP contribution in [-0.2, 0) is 9.53 Å². The summed E-state index contributed by atoms with van der Waals surface area (Å²) in [6, 6.07) is 37.3. The lowest BCUT2D eigenvalue weighted by molar-refractivity contribution is -0.137. The van der Waals surface area contributed by atoms with Crippen LogP contribution in [-0.4, -0.2) is 67.5 Å². The SMILES string of the molecule is COc1cc(/C=N\NC(=O)c2ccc(-n3c(-c4ccccc4)ccc3-c3ccccc3)cc2)ccc1OCC(=O)N1CCOCC1. The fourth-order valence-electron chi connectivity index (χ4n) is 5.30. The third-order valence-corrected chi connectivity index (χ3v) is 7.69. The van der Waals surface area contributed by atoms with E-state index in [9.17, 15) is 9.59 Å². The summed E-state index contributed by atoms with van der Waals surface area (Å²) in [5.41, 5.74) is 8.99. The number of hydrogen-bond donors (Lipinski definition) is 1. The number of morpholine rings is 1. The Hall–Kier alpha value is -5.67. The number of hydrogen-bond acceptors (Lipinski definition) is 6. The van der Waals surface area contributed by atoms with Crippen molar-refractivity contribution in [2.75, 3.05) is 40.0 Å². The van der Waals surface area contributed by atoms with Crippen molar-refractivity contribution >= 4 is 18.0 Å². The number of carbonyl (C=O) groups excluding carboxylic acids is 2. The molecule has 9 nitrogen and oxygen atoms in total. The Morgan fingerprint density at radius 3 is 2.04 bits per heavy atom. The molecule has 2 heterocycles. The Bertz CT molecular complexity index is 1760. The van der Waals surface area contributed by atoms with Crippen LogP contribution in [0.4, 0.5) is 0 Å². The van der Waals surface area contributed by atoms with Gasteiger partial charge >= 0.3 is 0 Å². The van der Waals surface area contributed by atoms with Crippen LogP contribution in [0.25, 0.3) is 28.2 Å². The molecule has 9 heteroatoms. The first-order chi connectivity index (χ1) is 22.6. The minimum atomic E-state index is -0.338. The van der Waals surface area contributed by atoms with Gasteiger partial charge in [0.15, 0.2) is 18.1 Å². The average molecular weight is 615 g/mol. The first-order valence-corrected chi connectivity index (χ1v) is 15.0. The lowest BCUT2D eigenvalue weighted by Gasteiger charge is -2.26. The molecule has 5 aromatic rings. The van der Waals surface area contributed by atoms with Gasteiger partial charge in [0, 0.05) is 24.3 Å². The molecule has 1 N–H and O–H groups in total. The summed E-state index contributed by atoms with van der Waals surface area (Å²) < 4.78 is 18.7. The molecule has 232 valence electrons. The van der Waals surface area contributed by atoms with Gasteiger partial charge in [-0.2, -0.15) is 5.10 Å². The highest BCUT2D eigenvalue weighted by Crippen LogP contribution is 2.32. The zero-order valence-corrected chi connectivity index (χ0v) is 25.5. The summed E-state index contributed by atoms with van der Waals surface area (Å²) in [5.74, 6) is 0.457. The van der Waals surface area contributed by atoms with Crippen molar-refractivity contribution in [2.24, 2.45) is 5.10 Å². The van der Waals surface area contributed by atoms with E-state index in [-0.39, 0.29) is 18.4 Å². The van der Waals surface area contributed by atoms with Crippen molar-refractivity contribution in [3.8, 4) is 39.7 Å². The second-order valence-corrected chi connectivity index (χ2v) is 10.6. The van der Waals surface area contributed by atoms with E-state index in [0.29, 0.717) is 48.9 Å². The highest BCUT2D eigenvalue weighted by molar-refractivity contribution is 5.95. The summed E-state index contributed by atoms with van der Waals surface area (Å²) in [4.78, 5) is 27.1. The van der Waals surface area contributed by atoms with Gasteiger partial charge in [0.25, 0.3) is 11.8 Å². The van der Waals surface area contributed by atoms with Crippen molar-refractivity contribution in [1.29, 1.82) is 0 Å². The van der Waals surface area contributed by atoms with Gasteiger partial charge in [-0.1, -0.05) is 60.7 Å². The van der Waals surface area contributed by atoms with Crippen LogP contribution in [0.1, 0.15) is 15.9 Å². The number of rotatable bonds is 10. The van der Waals surface area contributed by atoms with Crippen LogP contribution >= 0.6 is 0 Å². The third-order valence-electron chi connectivity index (χ3n) is 7.69. The molecule has 0 bridgehead atoms. The number of aromatic nitrogens is 1. The molecule has 0 atom stereocenters. The number of methoxy groups -OCH3 is 1. The van der Waals surface area contributed by atoms with Crippen LogP contribution < -0.4 is 14.9 Å². The number of hydrazone groups is 1. The Morgan fingerprint density at radius 1 is 0.804 bits per heavy atom. The molecule has 1 aromatic heterocycles. The fourth-order valence-corrected chi connectivity index (χ4v) is 5.30. The van der Waals surface area contributed by atoms with Crippen molar-refractivity contribution in [3.63, 3.8) is 0 Å². The van der Waals surface area contributed by atoms with Gasteiger partial charge in [-0.3, -0.25) is 9.59 Å². The average Bonchev–Trinajstić information content (AvgIpc) is 3.57. The van der Waals surface area contributed by atoms with Crippen molar-refractivity contribution in [2.45, 2.75) is 0 Å². The molecule has 0 aliphatic carbocycles. The molecule has 1 aliphatic heterocycles. The first-order valence-electron chi connectivity index (χ1n) is 15.0. The number of nitrogens with one attached hydrogen (secondary N) is 1. The standard InChI is InChI=1S/C37H34N4O5/c1-44-35-24-27(12-19-34(35)46-26-36(42)40-20-22-45-23-21-40)25-38-39-37(43)30-13-15-31(16-14-30)41-32(28-8-4-2-5-9-28)17-18-33(41)29-10-6-3-7-11-29/h2-19,24-25H,20-23,26H2,1H3,(H,39,43)/b38-25-. The topological polar surface area (TPSA) is 94.4 Å². The van der Waals surface area contributed by atoms with Crippen LogP contribution in [0.3, 0.4) is 0 Å². The van der Waals surface area contributed by atoms with Crippen LogP contribution in [0.15, 0.2) is 120 Å². The maximum absolute atomic E-state index is 12.9. The number of benzene rings is 4. The third kappa shape index (κ3) is 7.00. The molecule has 0 spiro atoms. The maximum Gasteiger partial charge on any atom is 0.271 e. The van der Waals surface area contributed by atoms with E-state index in [1.807, 2.05) is 48.5 Å². The smallest absolute Gasteiger partial charge is 0.271 e. The molecule has 0 radical (unpaired) electrons. The Balaban J connectivity index is 1.12. The lowest BCUT2D eigenvalue weighted by Crippen LogP contribution is -2.43. The largest absolute Gasteiger partial charge is 0.493 e. The zero-order valence-electron chi connectivity index (χ0n) is 25.5. The highest BCUT2D eigenvalue weighted by atomic mass is 16.5.